The first-order chi connectivity index (χ1) is 8.57. The van der Waals surface area contributed by atoms with Crippen LogP contribution < -0.4 is 4.74 Å². The van der Waals surface area contributed by atoms with Gasteiger partial charge in [-0.15, -0.1) is 25.3 Å². The van der Waals surface area contributed by atoms with E-state index >= 15 is 0 Å². The van der Waals surface area contributed by atoms with Crippen LogP contribution in [0.25, 0.3) is 0 Å². The molecule has 0 aliphatic carbocycles. The number of hydrogen-bond acceptors (Lipinski definition) is 3. The number of rotatable bonds is 7. The first kappa shape index (κ1) is 15.8. The maximum Gasteiger partial charge on any atom is 0.133 e. The highest BCUT2D eigenvalue weighted by Gasteiger charge is 2.11. The van der Waals surface area contributed by atoms with Gasteiger partial charge in [-0.2, -0.15) is 0 Å². The summed E-state index contributed by atoms with van der Waals surface area (Å²) >= 11 is 9.06. The SMILES string of the molecule is CCCCCCOc1ccc(C(C)C)c(S)c1S. The molecule has 0 N–H and O–H groups in total. The lowest BCUT2D eigenvalue weighted by Gasteiger charge is -2.15. The van der Waals surface area contributed by atoms with E-state index in [9.17, 15) is 0 Å². The Labute approximate surface area is 122 Å². The van der Waals surface area contributed by atoms with E-state index in [1.54, 1.807) is 0 Å². The van der Waals surface area contributed by atoms with Crippen LogP contribution in [0.3, 0.4) is 0 Å². The van der Waals surface area contributed by atoms with Gasteiger partial charge in [-0.1, -0.05) is 46.1 Å². The topological polar surface area (TPSA) is 9.23 Å². The average molecular weight is 284 g/mol. The third-order valence-electron chi connectivity index (χ3n) is 3.02. The summed E-state index contributed by atoms with van der Waals surface area (Å²) in [6.45, 7) is 7.30. The highest BCUT2D eigenvalue weighted by molar-refractivity contribution is 7.83. The van der Waals surface area contributed by atoms with Gasteiger partial charge in [0.15, 0.2) is 0 Å². The molecule has 1 nitrogen and oxygen atoms in total. The Kier molecular flexibility index (Phi) is 7.02. The van der Waals surface area contributed by atoms with Crippen molar-refractivity contribution in [3.63, 3.8) is 0 Å². The molecule has 0 spiro atoms. The predicted molar refractivity (Wildman–Crippen MR) is 84.7 cm³/mol. The number of unbranched alkanes of at least 4 members (excludes halogenated alkanes) is 3. The molecule has 0 saturated heterocycles. The Morgan fingerprint density at radius 2 is 1.78 bits per heavy atom. The molecule has 18 heavy (non-hydrogen) atoms. The second-order valence-corrected chi connectivity index (χ2v) is 5.81. The zero-order valence-electron chi connectivity index (χ0n) is 11.6. The lowest BCUT2D eigenvalue weighted by molar-refractivity contribution is 0.297. The lowest BCUT2D eigenvalue weighted by atomic mass is 10.0. The molecular weight excluding hydrogens is 260 g/mol. The van der Waals surface area contributed by atoms with E-state index in [2.05, 4.69) is 52.1 Å². The highest BCUT2D eigenvalue weighted by Crippen LogP contribution is 2.35. The van der Waals surface area contributed by atoms with Crippen molar-refractivity contribution in [1.29, 1.82) is 0 Å². The van der Waals surface area contributed by atoms with Crippen LogP contribution in [0.4, 0.5) is 0 Å². The summed E-state index contributed by atoms with van der Waals surface area (Å²) in [5.41, 5.74) is 1.22. The molecule has 1 rings (SSSR count). The minimum absolute atomic E-state index is 0.460. The molecule has 1 aromatic rings. The van der Waals surface area contributed by atoms with Crippen molar-refractivity contribution in [1.82, 2.24) is 0 Å². The second kappa shape index (κ2) is 8.00. The quantitative estimate of drug-likeness (QED) is 0.507. The van der Waals surface area contributed by atoms with Gasteiger partial charge in [0, 0.05) is 4.90 Å². The lowest BCUT2D eigenvalue weighted by Crippen LogP contribution is -2.00. The molecule has 0 amide bonds. The fraction of sp³-hybridized carbons (Fsp3) is 0.600. The maximum atomic E-state index is 5.77. The molecule has 0 aliphatic heterocycles. The fourth-order valence-corrected chi connectivity index (χ4v) is 2.58. The summed E-state index contributed by atoms with van der Waals surface area (Å²) in [5.74, 6) is 1.31. The zero-order valence-corrected chi connectivity index (χ0v) is 13.4. The van der Waals surface area contributed by atoms with Gasteiger partial charge in [-0.05, 0) is 24.0 Å². The fourth-order valence-electron chi connectivity index (χ4n) is 1.87. The number of ether oxygens (including phenoxy) is 1. The van der Waals surface area contributed by atoms with Crippen LogP contribution in [0, 0.1) is 0 Å². The van der Waals surface area contributed by atoms with Gasteiger partial charge >= 0.3 is 0 Å². The monoisotopic (exact) mass is 284 g/mol. The first-order valence-electron chi connectivity index (χ1n) is 6.75. The van der Waals surface area contributed by atoms with Gasteiger partial charge in [0.2, 0.25) is 0 Å². The van der Waals surface area contributed by atoms with Crippen LogP contribution in [0.15, 0.2) is 21.9 Å². The van der Waals surface area contributed by atoms with Gasteiger partial charge in [0.05, 0.1) is 11.5 Å². The van der Waals surface area contributed by atoms with Crippen molar-refractivity contribution < 1.29 is 4.74 Å². The van der Waals surface area contributed by atoms with E-state index < -0.39 is 0 Å². The minimum Gasteiger partial charge on any atom is -0.492 e. The Morgan fingerprint density at radius 3 is 2.39 bits per heavy atom. The summed E-state index contributed by atoms with van der Waals surface area (Å²) in [7, 11) is 0. The van der Waals surface area contributed by atoms with Crippen LogP contribution in [0.5, 0.6) is 5.75 Å². The van der Waals surface area contributed by atoms with Crippen molar-refractivity contribution >= 4 is 25.3 Å². The van der Waals surface area contributed by atoms with Crippen LogP contribution >= 0.6 is 25.3 Å². The van der Waals surface area contributed by atoms with Crippen LogP contribution in [-0.4, -0.2) is 6.61 Å². The average Bonchev–Trinajstić information content (AvgIpc) is 2.33. The molecule has 0 radical (unpaired) electrons. The van der Waals surface area contributed by atoms with Gasteiger partial charge in [0.25, 0.3) is 0 Å². The van der Waals surface area contributed by atoms with E-state index in [1.807, 2.05) is 6.07 Å². The first-order valence-corrected chi connectivity index (χ1v) is 7.65. The van der Waals surface area contributed by atoms with E-state index in [-0.39, 0.29) is 0 Å². The number of benzene rings is 1. The highest BCUT2D eigenvalue weighted by atomic mass is 32.1. The summed E-state index contributed by atoms with van der Waals surface area (Å²) in [6.07, 6.45) is 4.87. The minimum atomic E-state index is 0.460. The second-order valence-electron chi connectivity index (χ2n) is 4.91. The molecule has 1 aromatic carbocycles. The van der Waals surface area contributed by atoms with Crippen LogP contribution in [0.2, 0.25) is 0 Å². The molecular formula is C15H24OS2. The summed E-state index contributed by atoms with van der Waals surface area (Å²) in [5, 5.41) is 0. The van der Waals surface area contributed by atoms with Crippen LogP contribution in [-0.2, 0) is 0 Å². The molecule has 0 saturated carbocycles. The third-order valence-corrected chi connectivity index (χ3v) is 4.13. The van der Waals surface area contributed by atoms with E-state index in [0.717, 1.165) is 28.6 Å². The summed E-state index contributed by atoms with van der Waals surface area (Å²) in [4.78, 5) is 1.81. The number of thiol groups is 2. The normalized spacial score (nSPS) is 11.0. The Bertz CT molecular complexity index is 375. The Morgan fingerprint density at radius 1 is 1.06 bits per heavy atom. The van der Waals surface area contributed by atoms with Crippen LogP contribution in [0.1, 0.15) is 57.9 Å². The third kappa shape index (κ3) is 4.43. The van der Waals surface area contributed by atoms with Gasteiger partial charge in [-0.3, -0.25) is 0 Å². The Balaban J connectivity index is 2.59. The molecule has 0 aliphatic rings. The van der Waals surface area contributed by atoms with Crippen molar-refractivity contribution in [2.24, 2.45) is 0 Å². The van der Waals surface area contributed by atoms with Crippen molar-refractivity contribution in [2.75, 3.05) is 6.61 Å². The van der Waals surface area contributed by atoms with Crippen molar-refractivity contribution in [3.05, 3.63) is 17.7 Å². The predicted octanol–water partition coefficient (Wildman–Crippen LogP) is 5.35. The zero-order chi connectivity index (χ0) is 13.5. The van der Waals surface area contributed by atoms with Gasteiger partial charge in [-0.25, -0.2) is 0 Å². The molecule has 102 valence electrons. The molecule has 0 aromatic heterocycles. The van der Waals surface area contributed by atoms with E-state index in [4.69, 9.17) is 4.74 Å². The number of hydrogen-bond donors (Lipinski definition) is 2. The van der Waals surface area contributed by atoms with E-state index in [0.29, 0.717) is 5.92 Å². The molecule has 0 atom stereocenters. The summed E-state index contributed by atoms with van der Waals surface area (Å²) < 4.78 is 5.77. The largest absolute Gasteiger partial charge is 0.492 e. The maximum absolute atomic E-state index is 5.77. The van der Waals surface area contributed by atoms with Gasteiger partial charge < -0.3 is 4.74 Å². The van der Waals surface area contributed by atoms with Gasteiger partial charge in [0.1, 0.15) is 5.75 Å². The molecule has 0 fully saturated rings. The molecule has 3 heteroatoms. The molecule has 0 bridgehead atoms. The van der Waals surface area contributed by atoms with Crippen molar-refractivity contribution in [2.45, 2.75) is 62.2 Å². The molecule has 0 heterocycles. The molecule has 0 unspecified atom stereocenters. The summed E-state index contributed by atoms with van der Waals surface area (Å²) in [6, 6.07) is 4.10. The van der Waals surface area contributed by atoms with E-state index in [1.165, 1.54) is 24.8 Å². The Hall–Kier alpha value is -0.280. The van der Waals surface area contributed by atoms with Crippen molar-refractivity contribution in [3.8, 4) is 5.75 Å². The smallest absolute Gasteiger partial charge is 0.133 e. The standard InChI is InChI=1S/C15H24OS2/c1-4-5-6-7-10-16-13-9-8-12(11(2)3)14(17)15(13)18/h8-9,11,17-18H,4-7,10H2,1-3H3.